The summed E-state index contributed by atoms with van der Waals surface area (Å²) in [6.07, 6.45) is 10.8. The zero-order valence-electron chi connectivity index (χ0n) is 10.9. The lowest BCUT2D eigenvalue weighted by Crippen LogP contribution is -2.18. The molecule has 1 aromatic carbocycles. The number of rotatable bonds is 4. The van der Waals surface area contributed by atoms with E-state index in [1.165, 1.54) is 31.2 Å². The zero-order chi connectivity index (χ0) is 12.1. The van der Waals surface area contributed by atoms with Crippen molar-refractivity contribution >= 4 is 0 Å². The maximum absolute atomic E-state index is 5.40. The Morgan fingerprint density at radius 2 is 2.06 bits per heavy atom. The first-order valence-electron chi connectivity index (χ1n) is 6.50. The summed E-state index contributed by atoms with van der Waals surface area (Å²) in [6.45, 7) is 2.41. The fraction of sp³-hybridized carbons (Fsp3) is 0.500. The molecule has 0 aliphatic heterocycles. The second-order valence-corrected chi connectivity index (χ2v) is 5.34. The lowest BCUT2D eigenvalue weighted by Gasteiger charge is -2.31. The Labute approximate surface area is 104 Å². The number of ether oxygens (including phenoxy) is 1. The summed E-state index contributed by atoms with van der Waals surface area (Å²) in [7, 11) is 1.75. The Bertz CT molecular complexity index is 394. The predicted octanol–water partition coefficient (Wildman–Crippen LogP) is 4.37. The van der Waals surface area contributed by atoms with E-state index in [1.807, 2.05) is 6.07 Å². The first kappa shape index (κ1) is 12.2. The van der Waals surface area contributed by atoms with E-state index < -0.39 is 0 Å². The lowest BCUT2D eigenvalue weighted by molar-refractivity contribution is 0.267. The van der Waals surface area contributed by atoms with E-state index in [0.29, 0.717) is 5.41 Å². The van der Waals surface area contributed by atoms with Gasteiger partial charge in [0.2, 0.25) is 0 Å². The summed E-state index contributed by atoms with van der Waals surface area (Å²) < 4.78 is 5.40. The minimum atomic E-state index is 0.482. The van der Waals surface area contributed by atoms with E-state index >= 15 is 0 Å². The quantitative estimate of drug-likeness (QED) is 0.698. The summed E-state index contributed by atoms with van der Waals surface area (Å²) in [5.41, 5.74) is 1.82. The largest absolute Gasteiger partial charge is 0.496 e. The number of benzene rings is 1. The average Bonchev–Trinajstić information content (AvgIpc) is 2.38. The number of para-hydroxylation sites is 1. The highest BCUT2D eigenvalue weighted by molar-refractivity contribution is 5.33. The van der Waals surface area contributed by atoms with Crippen LogP contribution in [0.5, 0.6) is 5.75 Å². The van der Waals surface area contributed by atoms with E-state index in [2.05, 4.69) is 37.3 Å². The van der Waals surface area contributed by atoms with Crippen molar-refractivity contribution in [3.63, 3.8) is 0 Å². The Morgan fingerprint density at radius 3 is 2.76 bits per heavy atom. The Morgan fingerprint density at radius 1 is 1.24 bits per heavy atom. The Hall–Kier alpha value is -1.24. The van der Waals surface area contributed by atoms with Crippen LogP contribution in [-0.4, -0.2) is 7.11 Å². The molecule has 0 bridgehead atoms. The van der Waals surface area contributed by atoms with Crippen molar-refractivity contribution in [2.24, 2.45) is 5.41 Å². The van der Waals surface area contributed by atoms with Crippen molar-refractivity contribution < 1.29 is 4.74 Å². The van der Waals surface area contributed by atoms with Crippen LogP contribution in [0.2, 0.25) is 0 Å². The van der Waals surface area contributed by atoms with Crippen molar-refractivity contribution in [2.45, 2.75) is 39.0 Å². The maximum Gasteiger partial charge on any atom is 0.122 e. The van der Waals surface area contributed by atoms with Gasteiger partial charge in [-0.05, 0) is 49.1 Å². The van der Waals surface area contributed by atoms with Gasteiger partial charge in [0.15, 0.2) is 0 Å². The molecular formula is C16H22O. The molecule has 0 heterocycles. The van der Waals surface area contributed by atoms with Crippen molar-refractivity contribution in [3.8, 4) is 5.75 Å². The molecule has 0 saturated heterocycles. The SMILES string of the molecule is COc1ccccc1CCC1(C)CC=CCC1. The van der Waals surface area contributed by atoms with Crippen LogP contribution >= 0.6 is 0 Å². The number of aryl methyl sites for hydroxylation is 1. The molecule has 0 saturated carbocycles. The van der Waals surface area contributed by atoms with Crippen LogP contribution in [0.3, 0.4) is 0 Å². The molecule has 0 amide bonds. The van der Waals surface area contributed by atoms with Gasteiger partial charge in [-0.15, -0.1) is 0 Å². The van der Waals surface area contributed by atoms with Crippen LogP contribution in [-0.2, 0) is 6.42 Å². The van der Waals surface area contributed by atoms with Crippen molar-refractivity contribution in [1.29, 1.82) is 0 Å². The molecule has 0 spiro atoms. The monoisotopic (exact) mass is 230 g/mol. The highest BCUT2D eigenvalue weighted by Crippen LogP contribution is 2.37. The summed E-state index contributed by atoms with van der Waals surface area (Å²) in [5.74, 6) is 1.03. The molecule has 1 heteroatoms. The molecular weight excluding hydrogens is 208 g/mol. The molecule has 0 radical (unpaired) electrons. The topological polar surface area (TPSA) is 9.23 Å². The normalized spacial score (nSPS) is 23.6. The van der Waals surface area contributed by atoms with Crippen LogP contribution in [0.1, 0.15) is 38.2 Å². The molecule has 1 unspecified atom stereocenters. The van der Waals surface area contributed by atoms with Crippen LogP contribution in [0.25, 0.3) is 0 Å². The van der Waals surface area contributed by atoms with Gasteiger partial charge in [-0.2, -0.15) is 0 Å². The molecule has 1 nitrogen and oxygen atoms in total. The van der Waals surface area contributed by atoms with Crippen molar-refractivity contribution in [3.05, 3.63) is 42.0 Å². The van der Waals surface area contributed by atoms with Gasteiger partial charge in [0, 0.05) is 0 Å². The van der Waals surface area contributed by atoms with Gasteiger partial charge in [0.1, 0.15) is 5.75 Å². The molecule has 1 aliphatic rings. The molecule has 17 heavy (non-hydrogen) atoms. The Balaban J connectivity index is 1.99. The third-order valence-corrected chi connectivity index (χ3v) is 3.88. The molecule has 1 aliphatic carbocycles. The van der Waals surface area contributed by atoms with Crippen LogP contribution in [0.15, 0.2) is 36.4 Å². The highest BCUT2D eigenvalue weighted by atomic mass is 16.5. The minimum absolute atomic E-state index is 0.482. The number of allylic oxidation sites excluding steroid dienone is 2. The molecule has 0 fully saturated rings. The minimum Gasteiger partial charge on any atom is -0.496 e. The maximum atomic E-state index is 5.40. The van der Waals surface area contributed by atoms with Crippen LogP contribution in [0.4, 0.5) is 0 Å². The number of hydrogen-bond donors (Lipinski definition) is 0. The average molecular weight is 230 g/mol. The fourth-order valence-corrected chi connectivity index (χ4v) is 2.59. The molecule has 0 aromatic heterocycles. The van der Waals surface area contributed by atoms with Crippen molar-refractivity contribution in [1.82, 2.24) is 0 Å². The number of methoxy groups -OCH3 is 1. The fourth-order valence-electron chi connectivity index (χ4n) is 2.59. The second-order valence-electron chi connectivity index (χ2n) is 5.34. The summed E-state index contributed by atoms with van der Waals surface area (Å²) in [5, 5.41) is 0. The standard InChI is InChI=1S/C16H22O/c1-16(11-6-3-7-12-16)13-10-14-8-4-5-9-15(14)17-2/h3-6,8-9H,7,10-13H2,1-2H3. The third kappa shape index (κ3) is 3.12. The molecule has 2 rings (SSSR count). The molecule has 1 aromatic rings. The van der Waals surface area contributed by atoms with Gasteiger partial charge in [-0.3, -0.25) is 0 Å². The summed E-state index contributed by atoms with van der Waals surface area (Å²) >= 11 is 0. The van der Waals surface area contributed by atoms with Crippen molar-refractivity contribution in [2.75, 3.05) is 7.11 Å². The van der Waals surface area contributed by atoms with Crippen LogP contribution < -0.4 is 4.74 Å². The van der Waals surface area contributed by atoms with E-state index in [1.54, 1.807) is 7.11 Å². The lowest BCUT2D eigenvalue weighted by atomic mass is 9.75. The Kier molecular flexibility index (Phi) is 3.88. The van der Waals surface area contributed by atoms with Crippen LogP contribution in [0, 0.1) is 5.41 Å². The first-order valence-corrected chi connectivity index (χ1v) is 6.50. The van der Waals surface area contributed by atoms with E-state index in [9.17, 15) is 0 Å². The van der Waals surface area contributed by atoms with E-state index in [0.717, 1.165) is 12.2 Å². The summed E-state index contributed by atoms with van der Waals surface area (Å²) in [4.78, 5) is 0. The number of hydrogen-bond acceptors (Lipinski definition) is 1. The van der Waals surface area contributed by atoms with E-state index in [4.69, 9.17) is 4.74 Å². The van der Waals surface area contributed by atoms with Gasteiger partial charge >= 0.3 is 0 Å². The summed E-state index contributed by atoms with van der Waals surface area (Å²) in [6, 6.07) is 8.37. The van der Waals surface area contributed by atoms with Gasteiger partial charge in [-0.25, -0.2) is 0 Å². The zero-order valence-corrected chi connectivity index (χ0v) is 10.9. The van der Waals surface area contributed by atoms with Gasteiger partial charge in [0.05, 0.1) is 7.11 Å². The van der Waals surface area contributed by atoms with Gasteiger partial charge < -0.3 is 4.74 Å². The first-order chi connectivity index (χ1) is 8.23. The molecule has 92 valence electrons. The van der Waals surface area contributed by atoms with Gasteiger partial charge in [0.25, 0.3) is 0 Å². The smallest absolute Gasteiger partial charge is 0.122 e. The highest BCUT2D eigenvalue weighted by Gasteiger charge is 2.24. The predicted molar refractivity (Wildman–Crippen MR) is 72.4 cm³/mol. The second kappa shape index (κ2) is 5.39. The third-order valence-electron chi connectivity index (χ3n) is 3.88. The molecule has 1 atom stereocenters. The molecule has 0 N–H and O–H groups in total. The van der Waals surface area contributed by atoms with Gasteiger partial charge in [-0.1, -0.05) is 37.3 Å². The van der Waals surface area contributed by atoms with E-state index in [-0.39, 0.29) is 0 Å².